The van der Waals surface area contributed by atoms with Gasteiger partial charge in [-0.3, -0.25) is 0 Å². The minimum Gasteiger partial charge on any atom is -0.317 e. The molecule has 0 bridgehead atoms. The fourth-order valence-corrected chi connectivity index (χ4v) is 2.85. The lowest BCUT2D eigenvalue weighted by atomic mass is 10.1. The van der Waals surface area contributed by atoms with Crippen molar-refractivity contribution >= 4 is 0 Å². The lowest BCUT2D eigenvalue weighted by Gasteiger charge is -2.02. The maximum Gasteiger partial charge on any atom is -0.00490 e. The first-order chi connectivity index (χ1) is 10.9. The minimum absolute atomic E-state index is 1.12. The molecule has 0 rings (SSSR count). The maximum atomic E-state index is 3.39. The largest absolute Gasteiger partial charge is 0.317 e. The molecule has 132 valence electrons. The van der Waals surface area contributed by atoms with Gasteiger partial charge < -0.3 is 5.32 Å². The molecular weight excluding hydrogens is 266 g/mol. The molecule has 1 nitrogen and oxygen atoms in total. The Bertz CT molecular complexity index is 210. The Hall–Kier alpha value is -0.300. The molecule has 0 aliphatic carbocycles. The molecule has 0 saturated heterocycles. The van der Waals surface area contributed by atoms with E-state index in [0.717, 1.165) is 6.54 Å². The molecule has 0 aromatic heterocycles. The third-order valence-electron chi connectivity index (χ3n) is 4.37. The van der Waals surface area contributed by atoms with E-state index in [0.29, 0.717) is 0 Å². The normalized spacial score (nSPS) is 11.5. The highest BCUT2D eigenvalue weighted by molar-refractivity contribution is 4.81. The van der Waals surface area contributed by atoms with Crippen LogP contribution in [0.5, 0.6) is 0 Å². The van der Waals surface area contributed by atoms with Crippen LogP contribution in [0.15, 0.2) is 12.2 Å². The van der Waals surface area contributed by atoms with Crippen molar-refractivity contribution in [2.75, 3.05) is 13.1 Å². The zero-order chi connectivity index (χ0) is 16.1. The van der Waals surface area contributed by atoms with Crippen molar-refractivity contribution in [3.8, 4) is 0 Å². The topological polar surface area (TPSA) is 12.0 Å². The third kappa shape index (κ3) is 19.7. The second kappa shape index (κ2) is 20.7. The Kier molecular flexibility index (Phi) is 20.4. The van der Waals surface area contributed by atoms with Crippen LogP contribution in [0.2, 0.25) is 0 Å². The molecular formula is C21H43N. The van der Waals surface area contributed by atoms with E-state index in [-0.39, 0.29) is 0 Å². The summed E-state index contributed by atoms with van der Waals surface area (Å²) in [5.41, 5.74) is 0. The molecule has 0 aliphatic heterocycles. The van der Waals surface area contributed by atoms with E-state index in [2.05, 4.69) is 31.3 Å². The molecule has 0 spiro atoms. The monoisotopic (exact) mass is 309 g/mol. The zero-order valence-electron chi connectivity index (χ0n) is 15.7. The Labute approximate surface area is 141 Å². The Morgan fingerprint density at radius 2 is 1.00 bits per heavy atom. The van der Waals surface area contributed by atoms with E-state index in [9.17, 15) is 0 Å². The molecule has 0 aliphatic rings. The van der Waals surface area contributed by atoms with Gasteiger partial charge in [0.25, 0.3) is 0 Å². The lowest BCUT2D eigenvalue weighted by molar-refractivity contribution is 0.563. The van der Waals surface area contributed by atoms with Crippen LogP contribution in [0.3, 0.4) is 0 Å². The summed E-state index contributed by atoms with van der Waals surface area (Å²) in [6, 6.07) is 0. The summed E-state index contributed by atoms with van der Waals surface area (Å²) in [5.74, 6) is 0. The predicted octanol–water partition coefficient (Wildman–Crippen LogP) is 7.02. The van der Waals surface area contributed by atoms with E-state index in [4.69, 9.17) is 0 Å². The summed E-state index contributed by atoms with van der Waals surface area (Å²) >= 11 is 0. The molecule has 0 unspecified atom stereocenters. The number of allylic oxidation sites excluding steroid dienone is 2. The van der Waals surface area contributed by atoms with E-state index >= 15 is 0 Å². The quantitative estimate of drug-likeness (QED) is 0.212. The van der Waals surface area contributed by atoms with Crippen molar-refractivity contribution in [1.82, 2.24) is 5.32 Å². The van der Waals surface area contributed by atoms with Gasteiger partial charge in [0.2, 0.25) is 0 Å². The molecule has 0 saturated carbocycles. The van der Waals surface area contributed by atoms with Crippen LogP contribution in [0, 0.1) is 0 Å². The lowest BCUT2D eigenvalue weighted by Crippen LogP contribution is -2.13. The third-order valence-corrected chi connectivity index (χ3v) is 4.37. The van der Waals surface area contributed by atoms with E-state index in [1.165, 1.54) is 103 Å². The van der Waals surface area contributed by atoms with Gasteiger partial charge in [0.15, 0.2) is 0 Å². The summed E-state index contributed by atoms with van der Waals surface area (Å²) in [6.07, 6.45) is 25.8. The first-order valence-electron chi connectivity index (χ1n) is 10.3. The number of unbranched alkanes of at least 4 members (excludes halogenated alkanes) is 13. The van der Waals surface area contributed by atoms with Gasteiger partial charge in [0.1, 0.15) is 0 Å². The molecule has 1 N–H and O–H groups in total. The van der Waals surface area contributed by atoms with Crippen molar-refractivity contribution in [2.24, 2.45) is 0 Å². The summed E-state index contributed by atoms with van der Waals surface area (Å²) < 4.78 is 0. The summed E-state index contributed by atoms with van der Waals surface area (Å²) in [5, 5.41) is 3.39. The highest BCUT2D eigenvalue weighted by Crippen LogP contribution is 2.10. The number of nitrogens with one attached hydrogen (secondary N) is 1. The second-order valence-corrected chi connectivity index (χ2v) is 6.64. The van der Waals surface area contributed by atoms with Crippen molar-refractivity contribution in [3.05, 3.63) is 12.2 Å². The van der Waals surface area contributed by atoms with E-state index in [1.54, 1.807) is 0 Å². The standard InChI is InChI=1S/C21H43N/c1-3-5-6-7-8-9-10-11-12-13-14-15-16-17-18-19-20-21-22-4-2/h11-12,22H,3-10,13-21H2,1-2H3/b12-11-. The predicted molar refractivity (Wildman–Crippen MR) is 103 cm³/mol. The first-order valence-corrected chi connectivity index (χ1v) is 10.3. The number of hydrogen-bond acceptors (Lipinski definition) is 1. The molecule has 22 heavy (non-hydrogen) atoms. The highest BCUT2D eigenvalue weighted by atomic mass is 14.8. The highest BCUT2D eigenvalue weighted by Gasteiger charge is 1.92. The minimum atomic E-state index is 1.12. The van der Waals surface area contributed by atoms with Gasteiger partial charge in [-0.2, -0.15) is 0 Å². The van der Waals surface area contributed by atoms with Crippen LogP contribution in [0.25, 0.3) is 0 Å². The Morgan fingerprint density at radius 1 is 0.545 bits per heavy atom. The van der Waals surface area contributed by atoms with Gasteiger partial charge in [0, 0.05) is 0 Å². The fourth-order valence-electron chi connectivity index (χ4n) is 2.85. The van der Waals surface area contributed by atoms with Gasteiger partial charge in [-0.25, -0.2) is 0 Å². The molecule has 0 fully saturated rings. The van der Waals surface area contributed by atoms with Crippen LogP contribution in [-0.2, 0) is 0 Å². The molecule has 0 atom stereocenters. The van der Waals surface area contributed by atoms with Crippen molar-refractivity contribution < 1.29 is 0 Å². The molecule has 0 amide bonds. The maximum absolute atomic E-state index is 3.39. The Balaban J connectivity index is 3.02. The van der Waals surface area contributed by atoms with Crippen LogP contribution in [-0.4, -0.2) is 13.1 Å². The van der Waals surface area contributed by atoms with Crippen molar-refractivity contribution in [3.63, 3.8) is 0 Å². The average molecular weight is 310 g/mol. The number of rotatable bonds is 18. The second-order valence-electron chi connectivity index (χ2n) is 6.64. The smallest absolute Gasteiger partial charge is 0.00490 e. The van der Waals surface area contributed by atoms with Gasteiger partial charge in [-0.05, 0) is 45.2 Å². The summed E-state index contributed by atoms with van der Waals surface area (Å²) in [4.78, 5) is 0. The van der Waals surface area contributed by atoms with Gasteiger partial charge in [0.05, 0.1) is 0 Å². The van der Waals surface area contributed by atoms with E-state index in [1.807, 2.05) is 0 Å². The van der Waals surface area contributed by atoms with Crippen molar-refractivity contribution in [2.45, 2.75) is 110 Å². The van der Waals surface area contributed by atoms with Crippen molar-refractivity contribution in [1.29, 1.82) is 0 Å². The molecule has 0 heterocycles. The molecule has 0 radical (unpaired) electrons. The van der Waals surface area contributed by atoms with Gasteiger partial charge in [-0.15, -0.1) is 0 Å². The van der Waals surface area contributed by atoms with Crippen LogP contribution in [0.4, 0.5) is 0 Å². The first kappa shape index (κ1) is 21.7. The van der Waals surface area contributed by atoms with E-state index < -0.39 is 0 Å². The van der Waals surface area contributed by atoms with Crippen LogP contribution >= 0.6 is 0 Å². The fraction of sp³-hybridized carbons (Fsp3) is 0.905. The SMILES string of the molecule is CCCCCCCC/C=C\CCCCCCCCCNCC. The van der Waals surface area contributed by atoms with Crippen LogP contribution < -0.4 is 5.32 Å². The number of hydrogen-bond donors (Lipinski definition) is 1. The summed E-state index contributed by atoms with van der Waals surface area (Å²) in [7, 11) is 0. The van der Waals surface area contributed by atoms with Gasteiger partial charge >= 0.3 is 0 Å². The average Bonchev–Trinajstić information content (AvgIpc) is 2.54. The molecule has 0 aromatic rings. The molecule has 0 aromatic carbocycles. The van der Waals surface area contributed by atoms with Crippen LogP contribution in [0.1, 0.15) is 110 Å². The molecule has 1 heteroatoms. The summed E-state index contributed by atoms with van der Waals surface area (Å²) in [6.45, 7) is 6.79. The zero-order valence-corrected chi connectivity index (χ0v) is 15.7. The van der Waals surface area contributed by atoms with Gasteiger partial charge in [-0.1, -0.05) is 90.2 Å². The Morgan fingerprint density at radius 3 is 1.50 bits per heavy atom.